The van der Waals surface area contributed by atoms with Crippen LogP contribution >= 0.6 is 23.4 Å². The predicted octanol–water partition coefficient (Wildman–Crippen LogP) is 4.91. The number of pyridine rings is 1. The molecule has 0 saturated heterocycles. The highest BCUT2D eigenvalue weighted by atomic mass is 35.5. The van der Waals surface area contributed by atoms with E-state index in [1.807, 2.05) is 4.57 Å². The minimum atomic E-state index is -0.462. The Bertz CT molecular complexity index is 993. The van der Waals surface area contributed by atoms with Crippen molar-refractivity contribution >= 4 is 35.1 Å². The van der Waals surface area contributed by atoms with Gasteiger partial charge in [-0.2, -0.15) is 0 Å². The molecule has 2 heterocycles. The van der Waals surface area contributed by atoms with Crippen molar-refractivity contribution in [1.29, 1.82) is 0 Å². The third-order valence-electron chi connectivity index (χ3n) is 4.01. The highest BCUT2D eigenvalue weighted by molar-refractivity contribution is 8.00. The number of thioether (sulfide) groups is 1. The molecule has 1 aromatic carbocycles. The van der Waals surface area contributed by atoms with Crippen LogP contribution in [0, 0.1) is 11.7 Å². The molecule has 0 aliphatic carbocycles. The number of carbonyl (C=O) groups is 1. The van der Waals surface area contributed by atoms with Crippen molar-refractivity contribution < 1.29 is 9.18 Å². The summed E-state index contributed by atoms with van der Waals surface area (Å²) in [6, 6.07) is 9.75. The smallest absolute Gasteiger partial charge is 0.238 e. The second-order valence-corrected chi connectivity index (χ2v) is 8.65. The Labute approximate surface area is 177 Å². The van der Waals surface area contributed by atoms with Gasteiger partial charge in [0.15, 0.2) is 11.0 Å². The molecule has 29 heavy (non-hydrogen) atoms. The molecule has 1 unspecified atom stereocenters. The van der Waals surface area contributed by atoms with Crippen LogP contribution in [0.1, 0.15) is 20.8 Å². The van der Waals surface area contributed by atoms with Gasteiger partial charge in [-0.05, 0) is 37.1 Å². The number of aromatic nitrogens is 4. The lowest BCUT2D eigenvalue weighted by atomic mass is 10.2. The Morgan fingerprint density at radius 1 is 1.21 bits per heavy atom. The van der Waals surface area contributed by atoms with Crippen LogP contribution in [0.4, 0.5) is 10.2 Å². The van der Waals surface area contributed by atoms with E-state index < -0.39 is 5.25 Å². The van der Waals surface area contributed by atoms with E-state index in [2.05, 4.69) is 34.3 Å². The first-order valence-electron chi connectivity index (χ1n) is 9.12. The maximum Gasteiger partial charge on any atom is 0.238 e. The van der Waals surface area contributed by atoms with Gasteiger partial charge in [0.05, 0.1) is 15.8 Å². The molecule has 1 atom stereocenters. The summed E-state index contributed by atoms with van der Waals surface area (Å²) in [6.07, 6.45) is 1.47. The minimum Gasteiger partial charge on any atom is -0.310 e. The van der Waals surface area contributed by atoms with Crippen LogP contribution in [0.2, 0.25) is 5.02 Å². The average Bonchev–Trinajstić information content (AvgIpc) is 3.05. The molecule has 2 aromatic heterocycles. The molecule has 0 spiro atoms. The number of hydrogen-bond donors (Lipinski definition) is 1. The number of anilines is 1. The van der Waals surface area contributed by atoms with Crippen molar-refractivity contribution in [2.75, 3.05) is 5.32 Å². The molecule has 3 rings (SSSR count). The van der Waals surface area contributed by atoms with E-state index in [-0.39, 0.29) is 11.7 Å². The highest BCUT2D eigenvalue weighted by Gasteiger charge is 2.22. The standard InChI is InChI=1S/C20H21ClFN5OS/c1-12(2)11-27-18(15-6-4-5-7-16(15)22)25-26-20(27)29-13(3)19(28)24-17-9-8-14(21)10-23-17/h4-10,12-13H,11H2,1-3H3,(H,23,24,28). The molecule has 1 N–H and O–H groups in total. The van der Waals surface area contributed by atoms with Crippen LogP contribution in [0.15, 0.2) is 47.8 Å². The maximum absolute atomic E-state index is 14.3. The summed E-state index contributed by atoms with van der Waals surface area (Å²) in [7, 11) is 0. The Morgan fingerprint density at radius 2 is 1.97 bits per heavy atom. The normalized spacial score (nSPS) is 12.2. The van der Waals surface area contributed by atoms with Gasteiger partial charge < -0.3 is 9.88 Å². The van der Waals surface area contributed by atoms with Gasteiger partial charge in [-0.1, -0.05) is 49.3 Å². The molecule has 152 valence electrons. The lowest BCUT2D eigenvalue weighted by Crippen LogP contribution is -2.23. The van der Waals surface area contributed by atoms with Crippen molar-refractivity contribution in [2.24, 2.45) is 5.92 Å². The first-order chi connectivity index (χ1) is 13.8. The van der Waals surface area contributed by atoms with Crippen LogP contribution in [0.5, 0.6) is 0 Å². The molecule has 0 aliphatic rings. The van der Waals surface area contributed by atoms with Crippen molar-refractivity contribution in [3.05, 3.63) is 53.4 Å². The second kappa shape index (κ2) is 9.37. The van der Waals surface area contributed by atoms with Crippen LogP contribution in [0.25, 0.3) is 11.4 Å². The zero-order valence-electron chi connectivity index (χ0n) is 16.3. The zero-order chi connectivity index (χ0) is 21.0. The number of rotatable bonds is 7. The number of halogens is 2. The Kier molecular flexibility index (Phi) is 6.87. The van der Waals surface area contributed by atoms with Crippen molar-refractivity contribution in [2.45, 2.75) is 37.7 Å². The molecule has 0 fully saturated rings. The Hall–Kier alpha value is -2.45. The fourth-order valence-corrected chi connectivity index (χ4v) is 3.61. The second-order valence-electron chi connectivity index (χ2n) is 6.90. The van der Waals surface area contributed by atoms with Gasteiger partial charge in [0, 0.05) is 12.7 Å². The van der Waals surface area contributed by atoms with E-state index >= 15 is 0 Å². The summed E-state index contributed by atoms with van der Waals surface area (Å²) in [5, 5.41) is 11.8. The van der Waals surface area contributed by atoms with Gasteiger partial charge in [-0.3, -0.25) is 4.79 Å². The number of carbonyl (C=O) groups excluding carboxylic acids is 1. The van der Waals surface area contributed by atoms with E-state index in [0.717, 1.165) is 0 Å². The minimum absolute atomic E-state index is 0.226. The Morgan fingerprint density at radius 3 is 2.62 bits per heavy atom. The van der Waals surface area contributed by atoms with Crippen molar-refractivity contribution in [1.82, 2.24) is 19.7 Å². The number of nitrogens with zero attached hydrogens (tertiary/aromatic N) is 4. The molecule has 0 saturated carbocycles. The third kappa shape index (κ3) is 5.33. The molecule has 3 aromatic rings. The summed E-state index contributed by atoms with van der Waals surface area (Å²) >= 11 is 7.08. The summed E-state index contributed by atoms with van der Waals surface area (Å²) in [6.45, 7) is 6.49. The molecule has 0 aliphatic heterocycles. The van der Waals surface area contributed by atoms with Crippen molar-refractivity contribution in [3.63, 3.8) is 0 Å². The SMILES string of the molecule is CC(C)Cn1c(SC(C)C(=O)Nc2ccc(Cl)cn2)nnc1-c1ccccc1F. The zero-order valence-corrected chi connectivity index (χ0v) is 17.8. The number of benzene rings is 1. The van der Waals surface area contributed by atoms with Crippen LogP contribution in [-0.4, -0.2) is 30.9 Å². The van der Waals surface area contributed by atoms with Gasteiger partial charge >= 0.3 is 0 Å². The quantitative estimate of drug-likeness (QED) is 0.536. The van der Waals surface area contributed by atoms with Gasteiger partial charge in [0.1, 0.15) is 11.6 Å². The first-order valence-corrected chi connectivity index (χ1v) is 10.4. The van der Waals surface area contributed by atoms with Crippen LogP contribution < -0.4 is 5.32 Å². The van der Waals surface area contributed by atoms with Crippen LogP contribution in [0.3, 0.4) is 0 Å². The molecule has 6 nitrogen and oxygen atoms in total. The van der Waals surface area contributed by atoms with E-state index in [9.17, 15) is 9.18 Å². The highest BCUT2D eigenvalue weighted by Crippen LogP contribution is 2.29. The van der Waals surface area contributed by atoms with E-state index in [4.69, 9.17) is 11.6 Å². The predicted molar refractivity (Wildman–Crippen MR) is 113 cm³/mol. The lowest BCUT2D eigenvalue weighted by Gasteiger charge is -2.15. The molecule has 0 bridgehead atoms. The van der Waals surface area contributed by atoms with Gasteiger partial charge in [0.2, 0.25) is 5.91 Å². The van der Waals surface area contributed by atoms with Gasteiger partial charge in [-0.25, -0.2) is 9.37 Å². The molecule has 0 radical (unpaired) electrons. The molecule has 9 heteroatoms. The van der Waals surface area contributed by atoms with E-state index in [1.54, 1.807) is 37.3 Å². The topological polar surface area (TPSA) is 72.7 Å². The molecular formula is C20H21ClFN5OS. The summed E-state index contributed by atoms with van der Waals surface area (Å²) < 4.78 is 16.2. The number of amides is 1. The summed E-state index contributed by atoms with van der Waals surface area (Å²) in [5.41, 5.74) is 0.384. The monoisotopic (exact) mass is 433 g/mol. The maximum atomic E-state index is 14.3. The lowest BCUT2D eigenvalue weighted by molar-refractivity contribution is -0.115. The van der Waals surface area contributed by atoms with E-state index in [0.29, 0.717) is 39.8 Å². The molecular weight excluding hydrogens is 413 g/mol. The third-order valence-corrected chi connectivity index (χ3v) is 5.31. The molecule has 1 amide bonds. The van der Waals surface area contributed by atoms with E-state index in [1.165, 1.54) is 24.0 Å². The summed E-state index contributed by atoms with van der Waals surface area (Å²) in [4.78, 5) is 16.6. The van der Waals surface area contributed by atoms with Crippen molar-refractivity contribution in [3.8, 4) is 11.4 Å². The fraction of sp³-hybridized carbons (Fsp3) is 0.300. The van der Waals surface area contributed by atoms with Gasteiger partial charge in [-0.15, -0.1) is 10.2 Å². The number of hydrogen-bond acceptors (Lipinski definition) is 5. The van der Waals surface area contributed by atoms with Gasteiger partial charge in [0.25, 0.3) is 0 Å². The summed E-state index contributed by atoms with van der Waals surface area (Å²) in [5.74, 6) is 0.574. The Balaban J connectivity index is 1.81. The first kappa shape index (κ1) is 21.3. The van der Waals surface area contributed by atoms with Crippen LogP contribution in [-0.2, 0) is 11.3 Å². The number of nitrogens with one attached hydrogen (secondary N) is 1. The average molecular weight is 434 g/mol. The fourth-order valence-electron chi connectivity index (χ4n) is 2.64. The largest absolute Gasteiger partial charge is 0.310 e.